The second-order valence-corrected chi connectivity index (χ2v) is 7.17. The molecule has 0 amide bonds. The summed E-state index contributed by atoms with van der Waals surface area (Å²) in [5, 5.41) is 11.7. The van der Waals surface area contributed by atoms with Gasteiger partial charge < -0.3 is 15.1 Å². The quantitative estimate of drug-likeness (QED) is 0.738. The van der Waals surface area contributed by atoms with Gasteiger partial charge in [-0.3, -0.25) is 0 Å². The smallest absolute Gasteiger partial charge is 0.247 e. The average molecular weight is 374 g/mol. The lowest BCUT2D eigenvalue weighted by Gasteiger charge is -2.36. The maximum atomic E-state index is 4.66. The number of anilines is 3. The Kier molecular flexibility index (Phi) is 5.37. The molecule has 144 valence electrons. The van der Waals surface area contributed by atoms with Crippen molar-refractivity contribution in [3.63, 3.8) is 0 Å². The van der Waals surface area contributed by atoms with Crippen LogP contribution in [0.3, 0.4) is 0 Å². The molecule has 0 spiro atoms. The fraction of sp³-hybridized carbons (Fsp3) is 0.318. The summed E-state index contributed by atoms with van der Waals surface area (Å²) in [4.78, 5) is 9.32. The Bertz CT molecular complexity index is 919. The number of nitrogens with zero attached hydrogens (tertiary/aromatic N) is 5. The lowest BCUT2D eigenvalue weighted by molar-refractivity contribution is 0.634. The summed E-state index contributed by atoms with van der Waals surface area (Å²) in [5.41, 5.74) is 5.24. The van der Waals surface area contributed by atoms with Crippen molar-refractivity contribution >= 4 is 17.5 Å². The predicted molar refractivity (Wildman–Crippen MR) is 114 cm³/mol. The van der Waals surface area contributed by atoms with Gasteiger partial charge in [0.25, 0.3) is 0 Å². The molecule has 1 N–H and O–H groups in total. The van der Waals surface area contributed by atoms with Gasteiger partial charge in [0.05, 0.1) is 6.20 Å². The molecule has 0 radical (unpaired) electrons. The van der Waals surface area contributed by atoms with Crippen LogP contribution >= 0.6 is 0 Å². The molecule has 1 fully saturated rings. The molecule has 6 heteroatoms. The number of nitrogens with one attached hydrogen (secondary N) is 1. The van der Waals surface area contributed by atoms with Crippen LogP contribution in [0.25, 0.3) is 0 Å². The number of hydrogen-bond donors (Lipinski definition) is 1. The molecular weight excluding hydrogens is 348 g/mol. The number of aryl methyl sites for hydroxylation is 1. The first-order valence-electron chi connectivity index (χ1n) is 9.74. The van der Waals surface area contributed by atoms with Crippen molar-refractivity contribution in [3.8, 4) is 0 Å². The van der Waals surface area contributed by atoms with Crippen molar-refractivity contribution in [2.24, 2.45) is 0 Å². The van der Waals surface area contributed by atoms with E-state index in [1.807, 2.05) is 18.2 Å². The summed E-state index contributed by atoms with van der Waals surface area (Å²) in [6.07, 6.45) is 1.68. The van der Waals surface area contributed by atoms with Crippen molar-refractivity contribution in [3.05, 3.63) is 71.4 Å². The van der Waals surface area contributed by atoms with E-state index in [-0.39, 0.29) is 0 Å². The molecule has 0 saturated carbocycles. The summed E-state index contributed by atoms with van der Waals surface area (Å²) in [6.45, 7) is 8.77. The highest BCUT2D eigenvalue weighted by molar-refractivity contribution is 5.57. The zero-order chi connectivity index (χ0) is 19.3. The van der Waals surface area contributed by atoms with Gasteiger partial charge in [0.15, 0.2) is 5.82 Å². The minimum absolute atomic E-state index is 0.693. The van der Waals surface area contributed by atoms with Crippen molar-refractivity contribution in [2.45, 2.75) is 20.4 Å². The standard InChI is InChI=1S/C22H26N6/c1-17-7-6-10-20(18(17)2)27-11-13-28(14-12-27)22-25-21(16-24-26-22)23-15-19-8-4-3-5-9-19/h3-10,16H,11-15H2,1-2H3,(H,23,25,26). The largest absolute Gasteiger partial charge is 0.368 e. The van der Waals surface area contributed by atoms with E-state index in [4.69, 9.17) is 0 Å². The van der Waals surface area contributed by atoms with E-state index in [0.29, 0.717) is 5.95 Å². The van der Waals surface area contributed by atoms with Crippen LogP contribution in [0, 0.1) is 13.8 Å². The van der Waals surface area contributed by atoms with Gasteiger partial charge in [-0.05, 0) is 36.6 Å². The molecule has 2 aromatic carbocycles. The monoisotopic (exact) mass is 374 g/mol. The van der Waals surface area contributed by atoms with Gasteiger partial charge in [-0.15, -0.1) is 5.10 Å². The van der Waals surface area contributed by atoms with E-state index in [1.54, 1.807) is 6.20 Å². The maximum absolute atomic E-state index is 4.66. The third-order valence-corrected chi connectivity index (χ3v) is 5.34. The minimum Gasteiger partial charge on any atom is -0.368 e. The van der Waals surface area contributed by atoms with Gasteiger partial charge in [-0.1, -0.05) is 42.5 Å². The van der Waals surface area contributed by atoms with Crippen LogP contribution in [0.5, 0.6) is 0 Å². The van der Waals surface area contributed by atoms with Crippen LogP contribution < -0.4 is 15.1 Å². The number of aromatic nitrogens is 3. The summed E-state index contributed by atoms with van der Waals surface area (Å²) >= 11 is 0. The fourth-order valence-electron chi connectivity index (χ4n) is 3.53. The number of rotatable bonds is 5. The molecule has 0 atom stereocenters. The third kappa shape index (κ3) is 4.06. The molecule has 0 aliphatic carbocycles. The Morgan fingerprint density at radius 3 is 2.43 bits per heavy atom. The molecular formula is C22H26N6. The van der Waals surface area contributed by atoms with E-state index in [1.165, 1.54) is 22.4 Å². The van der Waals surface area contributed by atoms with Crippen LogP contribution in [0.1, 0.15) is 16.7 Å². The van der Waals surface area contributed by atoms with Crippen LogP contribution in [0.15, 0.2) is 54.7 Å². The molecule has 6 nitrogen and oxygen atoms in total. The van der Waals surface area contributed by atoms with Gasteiger partial charge in [-0.25, -0.2) is 0 Å². The van der Waals surface area contributed by atoms with Crippen LogP contribution in [-0.2, 0) is 6.54 Å². The Balaban J connectivity index is 1.39. The van der Waals surface area contributed by atoms with E-state index in [0.717, 1.165) is 38.5 Å². The zero-order valence-electron chi connectivity index (χ0n) is 16.5. The van der Waals surface area contributed by atoms with E-state index in [9.17, 15) is 0 Å². The molecule has 1 aliphatic heterocycles. The number of benzene rings is 2. The van der Waals surface area contributed by atoms with Crippen molar-refractivity contribution < 1.29 is 0 Å². The third-order valence-electron chi connectivity index (χ3n) is 5.34. The van der Waals surface area contributed by atoms with Crippen molar-refractivity contribution in [2.75, 3.05) is 41.3 Å². The lowest BCUT2D eigenvalue weighted by Crippen LogP contribution is -2.47. The first kappa shape index (κ1) is 18.2. The Morgan fingerprint density at radius 1 is 0.893 bits per heavy atom. The van der Waals surface area contributed by atoms with Crippen LogP contribution in [0.2, 0.25) is 0 Å². The molecule has 28 heavy (non-hydrogen) atoms. The predicted octanol–water partition coefficient (Wildman–Crippen LogP) is 3.43. The Hall–Kier alpha value is -3.15. The normalized spacial score (nSPS) is 14.2. The van der Waals surface area contributed by atoms with E-state index < -0.39 is 0 Å². The van der Waals surface area contributed by atoms with Crippen molar-refractivity contribution in [1.29, 1.82) is 0 Å². The molecule has 1 aromatic heterocycles. The zero-order valence-corrected chi connectivity index (χ0v) is 16.5. The van der Waals surface area contributed by atoms with Crippen molar-refractivity contribution in [1.82, 2.24) is 15.2 Å². The molecule has 1 aliphatic rings. The van der Waals surface area contributed by atoms with Crippen LogP contribution in [0.4, 0.5) is 17.5 Å². The molecule has 2 heterocycles. The first-order chi connectivity index (χ1) is 13.7. The van der Waals surface area contributed by atoms with Gasteiger partial charge in [0, 0.05) is 38.4 Å². The molecule has 0 bridgehead atoms. The SMILES string of the molecule is Cc1cccc(N2CCN(c3nncc(NCc4ccccc4)n3)CC2)c1C. The summed E-state index contributed by atoms with van der Waals surface area (Å²) in [6, 6.07) is 16.8. The van der Waals surface area contributed by atoms with E-state index >= 15 is 0 Å². The minimum atomic E-state index is 0.693. The highest BCUT2D eigenvalue weighted by Crippen LogP contribution is 2.24. The molecule has 0 unspecified atom stereocenters. The van der Waals surface area contributed by atoms with Gasteiger partial charge in [-0.2, -0.15) is 10.1 Å². The van der Waals surface area contributed by atoms with Crippen LogP contribution in [-0.4, -0.2) is 41.4 Å². The second-order valence-electron chi connectivity index (χ2n) is 7.17. The average Bonchev–Trinajstić information content (AvgIpc) is 2.75. The van der Waals surface area contributed by atoms with Gasteiger partial charge in [0.2, 0.25) is 5.95 Å². The second kappa shape index (κ2) is 8.25. The highest BCUT2D eigenvalue weighted by Gasteiger charge is 2.21. The topological polar surface area (TPSA) is 57.2 Å². The molecule has 4 rings (SSSR count). The first-order valence-corrected chi connectivity index (χ1v) is 9.74. The maximum Gasteiger partial charge on any atom is 0.247 e. The molecule has 3 aromatic rings. The van der Waals surface area contributed by atoms with Gasteiger partial charge in [0.1, 0.15) is 0 Å². The van der Waals surface area contributed by atoms with E-state index in [2.05, 4.69) is 74.5 Å². The summed E-state index contributed by atoms with van der Waals surface area (Å²) in [7, 11) is 0. The van der Waals surface area contributed by atoms with Gasteiger partial charge >= 0.3 is 0 Å². The number of hydrogen-bond acceptors (Lipinski definition) is 6. The fourth-order valence-corrected chi connectivity index (χ4v) is 3.53. The highest BCUT2D eigenvalue weighted by atomic mass is 15.4. The number of piperazine rings is 1. The lowest BCUT2D eigenvalue weighted by atomic mass is 10.1. The summed E-state index contributed by atoms with van der Waals surface area (Å²) in [5.74, 6) is 1.45. The summed E-state index contributed by atoms with van der Waals surface area (Å²) < 4.78 is 0. The Labute approximate surface area is 166 Å². The molecule has 1 saturated heterocycles. The Morgan fingerprint density at radius 2 is 1.64 bits per heavy atom.